The number of rotatable bonds is 7. The zero-order valence-electron chi connectivity index (χ0n) is 15.7. The lowest BCUT2D eigenvalue weighted by molar-refractivity contribution is -0.127. The summed E-state index contributed by atoms with van der Waals surface area (Å²) in [7, 11) is 1.64. The largest absolute Gasteiger partial charge is 0.358 e. The molecule has 0 spiro atoms. The minimum atomic E-state index is -0.204. The van der Waals surface area contributed by atoms with Crippen LogP contribution in [0.3, 0.4) is 0 Å². The predicted molar refractivity (Wildman–Crippen MR) is 106 cm³/mol. The molecule has 1 saturated heterocycles. The van der Waals surface area contributed by atoms with Gasteiger partial charge in [-0.15, -0.1) is 0 Å². The second-order valence-electron chi connectivity index (χ2n) is 6.96. The summed E-state index contributed by atoms with van der Waals surface area (Å²) < 4.78 is 0. The Balaban J connectivity index is 1.68. The van der Waals surface area contributed by atoms with Crippen molar-refractivity contribution in [2.45, 2.75) is 31.3 Å². The fourth-order valence-corrected chi connectivity index (χ4v) is 3.69. The highest BCUT2D eigenvalue weighted by Gasteiger charge is 2.31. The van der Waals surface area contributed by atoms with Gasteiger partial charge in [0.1, 0.15) is 0 Å². The predicted octanol–water partition coefficient (Wildman–Crippen LogP) is 2.30. The Morgan fingerprint density at radius 3 is 2.41 bits per heavy atom. The fourth-order valence-electron chi connectivity index (χ4n) is 3.69. The summed E-state index contributed by atoms with van der Waals surface area (Å²) in [5.74, 6) is -0.0558. The molecule has 3 rings (SSSR count). The third-order valence-electron chi connectivity index (χ3n) is 5.08. The van der Waals surface area contributed by atoms with Gasteiger partial charge in [0.2, 0.25) is 11.8 Å². The van der Waals surface area contributed by atoms with Crippen molar-refractivity contribution in [1.82, 2.24) is 15.5 Å². The summed E-state index contributed by atoms with van der Waals surface area (Å²) in [6.45, 7) is 1.02. The third-order valence-corrected chi connectivity index (χ3v) is 5.08. The molecule has 142 valence electrons. The SMILES string of the molecule is CNC(=O)C1CCCN1CC(=O)NC(Cc1ccccc1)c1ccccc1. The number of likely N-dealkylation sites (tertiary alicyclic amines) is 1. The number of likely N-dealkylation sites (N-methyl/N-ethyl adjacent to an activating group) is 1. The first-order valence-corrected chi connectivity index (χ1v) is 9.51. The van der Waals surface area contributed by atoms with Crippen molar-refractivity contribution in [3.05, 3.63) is 71.8 Å². The van der Waals surface area contributed by atoms with Crippen molar-refractivity contribution in [2.75, 3.05) is 20.1 Å². The molecule has 0 aliphatic carbocycles. The molecule has 1 fully saturated rings. The molecule has 2 amide bonds. The van der Waals surface area contributed by atoms with Gasteiger partial charge in [-0.2, -0.15) is 0 Å². The maximum atomic E-state index is 12.7. The van der Waals surface area contributed by atoms with Crippen molar-refractivity contribution >= 4 is 11.8 Å². The Morgan fingerprint density at radius 1 is 1.07 bits per heavy atom. The average Bonchev–Trinajstić information content (AvgIpc) is 3.16. The highest BCUT2D eigenvalue weighted by molar-refractivity contribution is 5.84. The molecule has 5 nitrogen and oxygen atoms in total. The second kappa shape index (κ2) is 9.33. The Hall–Kier alpha value is -2.66. The van der Waals surface area contributed by atoms with Gasteiger partial charge in [-0.3, -0.25) is 14.5 Å². The lowest BCUT2D eigenvalue weighted by Gasteiger charge is -2.25. The van der Waals surface area contributed by atoms with Crippen LogP contribution in [0.15, 0.2) is 60.7 Å². The van der Waals surface area contributed by atoms with Gasteiger partial charge in [-0.25, -0.2) is 0 Å². The van der Waals surface area contributed by atoms with Crippen LogP contribution in [0, 0.1) is 0 Å². The summed E-state index contributed by atoms with van der Waals surface area (Å²) in [4.78, 5) is 26.7. The monoisotopic (exact) mass is 365 g/mol. The van der Waals surface area contributed by atoms with E-state index < -0.39 is 0 Å². The minimum absolute atomic E-state index is 0.0100. The maximum absolute atomic E-state index is 12.7. The van der Waals surface area contributed by atoms with Gasteiger partial charge >= 0.3 is 0 Å². The van der Waals surface area contributed by atoms with E-state index in [-0.39, 0.29) is 30.4 Å². The number of hydrogen-bond donors (Lipinski definition) is 2. The molecule has 0 aromatic heterocycles. The van der Waals surface area contributed by atoms with Crippen LogP contribution in [-0.4, -0.2) is 42.9 Å². The Morgan fingerprint density at radius 2 is 1.74 bits per heavy atom. The highest BCUT2D eigenvalue weighted by atomic mass is 16.2. The summed E-state index contributed by atoms with van der Waals surface area (Å²) in [6, 6.07) is 19.9. The summed E-state index contributed by atoms with van der Waals surface area (Å²) in [6.07, 6.45) is 2.48. The number of nitrogens with zero attached hydrogens (tertiary/aromatic N) is 1. The summed E-state index contributed by atoms with van der Waals surface area (Å²) >= 11 is 0. The molecule has 1 aliphatic heterocycles. The molecule has 5 heteroatoms. The molecule has 2 N–H and O–H groups in total. The van der Waals surface area contributed by atoms with E-state index in [4.69, 9.17) is 0 Å². The van der Waals surface area contributed by atoms with Crippen LogP contribution in [0.2, 0.25) is 0 Å². The third kappa shape index (κ3) is 5.17. The van der Waals surface area contributed by atoms with Crippen LogP contribution in [0.4, 0.5) is 0 Å². The molecule has 2 unspecified atom stereocenters. The maximum Gasteiger partial charge on any atom is 0.237 e. The van der Waals surface area contributed by atoms with Crippen LogP contribution < -0.4 is 10.6 Å². The van der Waals surface area contributed by atoms with Gasteiger partial charge in [0.15, 0.2) is 0 Å². The molecule has 2 atom stereocenters. The summed E-state index contributed by atoms with van der Waals surface area (Å²) in [5, 5.41) is 5.87. The normalized spacial score (nSPS) is 18.0. The zero-order valence-corrected chi connectivity index (χ0v) is 15.7. The lowest BCUT2D eigenvalue weighted by Crippen LogP contribution is -2.46. The first-order valence-electron chi connectivity index (χ1n) is 9.51. The van der Waals surface area contributed by atoms with Crippen molar-refractivity contribution in [1.29, 1.82) is 0 Å². The Labute approximate surface area is 160 Å². The molecular formula is C22H27N3O2. The lowest BCUT2D eigenvalue weighted by atomic mass is 9.99. The fraction of sp³-hybridized carbons (Fsp3) is 0.364. The van der Waals surface area contributed by atoms with Gasteiger partial charge in [-0.05, 0) is 36.9 Å². The molecule has 27 heavy (non-hydrogen) atoms. The second-order valence-corrected chi connectivity index (χ2v) is 6.96. The van der Waals surface area contributed by atoms with Crippen molar-refractivity contribution in [3.63, 3.8) is 0 Å². The summed E-state index contributed by atoms with van der Waals surface area (Å²) in [5.41, 5.74) is 2.26. The van der Waals surface area contributed by atoms with Crippen LogP contribution >= 0.6 is 0 Å². The van der Waals surface area contributed by atoms with Gasteiger partial charge in [0, 0.05) is 7.05 Å². The van der Waals surface area contributed by atoms with Crippen LogP contribution in [0.5, 0.6) is 0 Å². The number of hydrogen-bond acceptors (Lipinski definition) is 3. The van der Waals surface area contributed by atoms with Gasteiger partial charge in [-0.1, -0.05) is 60.7 Å². The van der Waals surface area contributed by atoms with Crippen LogP contribution in [0.1, 0.15) is 30.0 Å². The number of nitrogens with one attached hydrogen (secondary N) is 2. The van der Waals surface area contributed by atoms with E-state index in [2.05, 4.69) is 22.8 Å². The molecule has 1 heterocycles. The molecule has 1 aliphatic rings. The van der Waals surface area contributed by atoms with E-state index >= 15 is 0 Å². The molecule has 2 aromatic carbocycles. The van der Waals surface area contributed by atoms with E-state index in [0.29, 0.717) is 0 Å². The number of carbonyl (C=O) groups excluding carboxylic acids is 2. The van der Waals surface area contributed by atoms with Crippen LogP contribution in [0.25, 0.3) is 0 Å². The standard InChI is InChI=1S/C22H27N3O2/c1-23-22(27)20-13-8-14-25(20)16-21(26)24-19(18-11-6-3-7-12-18)15-17-9-4-2-5-10-17/h2-7,9-12,19-20H,8,13-16H2,1H3,(H,23,27)(H,24,26). The first-order chi connectivity index (χ1) is 13.2. The van der Waals surface area contributed by atoms with E-state index in [1.165, 1.54) is 5.56 Å². The van der Waals surface area contributed by atoms with Crippen LogP contribution in [-0.2, 0) is 16.0 Å². The first kappa shape index (κ1) is 19.1. The highest BCUT2D eigenvalue weighted by Crippen LogP contribution is 2.20. The van der Waals surface area contributed by atoms with E-state index in [0.717, 1.165) is 31.4 Å². The van der Waals surface area contributed by atoms with Gasteiger partial charge in [0.05, 0.1) is 18.6 Å². The molecular weight excluding hydrogens is 338 g/mol. The molecule has 0 radical (unpaired) electrons. The quantitative estimate of drug-likeness (QED) is 0.791. The Kier molecular flexibility index (Phi) is 6.60. The number of carbonyl (C=O) groups is 2. The Bertz CT molecular complexity index is 749. The van der Waals surface area contributed by atoms with Crippen molar-refractivity contribution in [2.24, 2.45) is 0 Å². The van der Waals surface area contributed by atoms with Gasteiger partial charge in [0.25, 0.3) is 0 Å². The number of benzene rings is 2. The van der Waals surface area contributed by atoms with Gasteiger partial charge < -0.3 is 10.6 Å². The van der Waals surface area contributed by atoms with E-state index in [1.807, 2.05) is 53.4 Å². The molecule has 2 aromatic rings. The topological polar surface area (TPSA) is 61.4 Å². The zero-order chi connectivity index (χ0) is 19.1. The van der Waals surface area contributed by atoms with Crippen molar-refractivity contribution in [3.8, 4) is 0 Å². The molecule has 0 saturated carbocycles. The smallest absolute Gasteiger partial charge is 0.237 e. The van der Waals surface area contributed by atoms with Crippen molar-refractivity contribution < 1.29 is 9.59 Å². The minimum Gasteiger partial charge on any atom is -0.358 e. The van der Waals surface area contributed by atoms with E-state index in [9.17, 15) is 9.59 Å². The number of amides is 2. The molecule has 0 bridgehead atoms. The van der Waals surface area contributed by atoms with E-state index in [1.54, 1.807) is 7.05 Å². The average molecular weight is 365 g/mol.